The van der Waals surface area contributed by atoms with Gasteiger partial charge in [-0.25, -0.2) is 4.79 Å². The Morgan fingerprint density at radius 1 is 1.25 bits per heavy atom. The predicted molar refractivity (Wildman–Crippen MR) is 76.4 cm³/mol. The summed E-state index contributed by atoms with van der Waals surface area (Å²) in [5.41, 5.74) is 1.87. The number of carbonyl (C=O) groups is 2. The van der Waals surface area contributed by atoms with Crippen molar-refractivity contribution in [2.45, 2.75) is 13.8 Å². The van der Waals surface area contributed by atoms with Crippen molar-refractivity contribution in [3.8, 4) is 0 Å². The van der Waals surface area contributed by atoms with Gasteiger partial charge in [0.25, 0.3) is 0 Å². The Labute approximate surface area is 121 Å². The topological polar surface area (TPSA) is 59.2 Å². The van der Waals surface area contributed by atoms with E-state index in [1.807, 2.05) is 0 Å². The lowest BCUT2D eigenvalue weighted by molar-refractivity contribution is 0.0519. The Hall–Kier alpha value is -2.07. The van der Waals surface area contributed by atoms with Crippen LogP contribution >= 0.6 is 11.6 Å². The molecule has 0 radical (unpaired) electrons. The number of halogens is 1. The SMILES string of the molecule is CCOC(=O)c1[nH]cc(C(=O)c2ccc(Cl)cc2)c1C. The normalized spacial score (nSPS) is 10.3. The van der Waals surface area contributed by atoms with Gasteiger partial charge in [0.05, 0.1) is 6.61 Å². The molecule has 0 amide bonds. The Morgan fingerprint density at radius 2 is 1.90 bits per heavy atom. The number of benzene rings is 1. The van der Waals surface area contributed by atoms with Gasteiger partial charge in [-0.15, -0.1) is 0 Å². The summed E-state index contributed by atoms with van der Waals surface area (Å²) in [6.07, 6.45) is 1.53. The second-order valence-electron chi connectivity index (χ2n) is 4.26. The maximum Gasteiger partial charge on any atom is 0.355 e. The second-order valence-corrected chi connectivity index (χ2v) is 4.70. The average Bonchev–Trinajstić information content (AvgIpc) is 2.81. The summed E-state index contributed by atoms with van der Waals surface area (Å²) in [5.74, 6) is -0.619. The molecule has 0 spiro atoms. The van der Waals surface area contributed by atoms with Crippen molar-refractivity contribution in [2.75, 3.05) is 6.61 Å². The van der Waals surface area contributed by atoms with Crippen LogP contribution in [0.25, 0.3) is 0 Å². The molecule has 0 fully saturated rings. The summed E-state index contributed by atoms with van der Waals surface area (Å²) in [7, 11) is 0. The van der Waals surface area contributed by atoms with Crippen LogP contribution in [-0.2, 0) is 4.74 Å². The summed E-state index contributed by atoms with van der Waals surface area (Å²) in [5, 5.41) is 0.569. The third-order valence-electron chi connectivity index (χ3n) is 2.97. The number of hydrogen-bond acceptors (Lipinski definition) is 3. The fourth-order valence-corrected chi connectivity index (χ4v) is 2.03. The van der Waals surface area contributed by atoms with Crippen LogP contribution in [0, 0.1) is 6.92 Å². The van der Waals surface area contributed by atoms with Crippen LogP contribution in [0.4, 0.5) is 0 Å². The van der Waals surface area contributed by atoms with Crippen molar-refractivity contribution in [3.63, 3.8) is 0 Å². The van der Waals surface area contributed by atoms with Gasteiger partial charge in [0.15, 0.2) is 5.78 Å². The Balaban J connectivity index is 2.32. The first-order valence-corrected chi connectivity index (χ1v) is 6.57. The van der Waals surface area contributed by atoms with E-state index in [-0.39, 0.29) is 12.4 Å². The van der Waals surface area contributed by atoms with Gasteiger partial charge >= 0.3 is 5.97 Å². The maximum absolute atomic E-state index is 12.4. The predicted octanol–water partition coefficient (Wildman–Crippen LogP) is 3.38. The lowest BCUT2D eigenvalue weighted by Gasteiger charge is -2.02. The first kappa shape index (κ1) is 14.3. The van der Waals surface area contributed by atoms with Crippen LogP contribution in [0.1, 0.15) is 38.9 Å². The zero-order chi connectivity index (χ0) is 14.7. The highest BCUT2D eigenvalue weighted by Gasteiger charge is 2.20. The van der Waals surface area contributed by atoms with E-state index in [1.54, 1.807) is 38.1 Å². The van der Waals surface area contributed by atoms with Crippen molar-refractivity contribution in [3.05, 3.63) is 57.9 Å². The van der Waals surface area contributed by atoms with E-state index in [0.717, 1.165) is 0 Å². The van der Waals surface area contributed by atoms with Crippen LogP contribution in [0.2, 0.25) is 5.02 Å². The molecule has 0 saturated heterocycles. The van der Waals surface area contributed by atoms with Gasteiger partial charge in [-0.05, 0) is 43.7 Å². The molecule has 0 aliphatic heterocycles. The molecule has 5 heteroatoms. The Bertz CT molecular complexity index is 644. The van der Waals surface area contributed by atoms with Gasteiger partial charge in [-0.1, -0.05) is 11.6 Å². The molecule has 1 aromatic carbocycles. The first-order chi connectivity index (χ1) is 9.54. The molecule has 0 aliphatic carbocycles. The van der Waals surface area contributed by atoms with Crippen LogP contribution < -0.4 is 0 Å². The van der Waals surface area contributed by atoms with E-state index < -0.39 is 5.97 Å². The van der Waals surface area contributed by atoms with Crippen molar-refractivity contribution < 1.29 is 14.3 Å². The molecular formula is C15H14ClNO3. The molecule has 2 rings (SSSR count). The molecular weight excluding hydrogens is 278 g/mol. The first-order valence-electron chi connectivity index (χ1n) is 6.20. The van der Waals surface area contributed by atoms with Gasteiger partial charge in [-0.3, -0.25) is 4.79 Å². The number of nitrogens with one attached hydrogen (secondary N) is 1. The smallest absolute Gasteiger partial charge is 0.355 e. The van der Waals surface area contributed by atoms with Crippen molar-refractivity contribution in [2.24, 2.45) is 0 Å². The highest BCUT2D eigenvalue weighted by Crippen LogP contribution is 2.19. The molecule has 2 aromatic rings. The summed E-state index contributed by atoms with van der Waals surface area (Å²) in [6.45, 7) is 3.74. The lowest BCUT2D eigenvalue weighted by Crippen LogP contribution is -2.08. The van der Waals surface area contributed by atoms with Gasteiger partial charge in [0, 0.05) is 22.3 Å². The van der Waals surface area contributed by atoms with E-state index in [4.69, 9.17) is 16.3 Å². The minimum Gasteiger partial charge on any atom is -0.461 e. The third kappa shape index (κ3) is 2.75. The van der Waals surface area contributed by atoms with Gasteiger partial charge in [0.2, 0.25) is 0 Å². The highest BCUT2D eigenvalue weighted by atomic mass is 35.5. The molecule has 1 N–H and O–H groups in total. The van der Waals surface area contributed by atoms with Gasteiger partial charge < -0.3 is 9.72 Å². The van der Waals surface area contributed by atoms with Crippen molar-refractivity contribution >= 4 is 23.4 Å². The third-order valence-corrected chi connectivity index (χ3v) is 3.22. The van der Waals surface area contributed by atoms with E-state index in [9.17, 15) is 9.59 Å². The van der Waals surface area contributed by atoms with Crippen LogP contribution in [0.3, 0.4) is 0 Å². The van der Waals surface area contributed by atoms with E-state index >= 15 is 0 Å². The summed E-state index contributed by atoms with van der Waals surface area (Å²) < 4.78 is 4.92. The van der Waals surface area contributed by atoms with Gasteiger partial charge in [0.1, 0.15) is 5.69 Å². The molecule has 0 unspecified atom stereocenters. The van der Waals surface area contributed by atoms with Crippen LogP contribution in [-0.4, -0.2) is 23.3 Å². The monoisotopic (exact) mass is 291 g/mol. The minimum absolute atomic E-state index is 0.161. The number of carbonyl (C=O) groups excluding carboxylic acids is 2. The molecule has 1 aromatic heterocycles. The maximum atomic E-state index is 12.4. The molecule has 0 atom stereocenters. The molecule has 0 aliphatic rings. The lowest BCUT2D eigenvalue weighted by atomic mass is 10.0. The summed E-state index contributed by atoms with van der Waals surface area (Å²) >= 11 is 5.80. The van der Waals surface area contributed by atoms with Gasteiger partial charge in [-0.2, -0.15) is 0 Å². The quantitative estimate of drug-likeness (QED) is 0.694. The largest absolute Gasteiger partial charge is 0.461 e. The number of hydrogen-bond donors (Lipinski definition) is 1. The molecule has 104 valence electrons. The Morgan fingerprint density at radius 3 is 2.50 bits per heavy atom. The van der Waals surface area contributed by atoms with E-state index in [1.165, 1.54) is 6.20 Å². The van der Waals surface area contributed by atoms with Crippen LogP contribution in [0.15, 0.2) is 30.5 Å². The number of esters is 1. The zero-order valence-electron chi connectivity index (χ0n) is 11.2. The number of aromatic nitrogens is 1. The second kappa shape index (κ2) is 5.92. The molecule has 1 heterocycles. The minimum atomic E-state index is -0.458. The Kier molecular flexibility index (Phi) is 4.25. The molecule has 0 saturated carbocycles. The standard InChI is InChI=1S/C15H14ClNO3/c1-3-20-15(19)13-9(2)12(8-17-13)14(18)10-4-6-11(16)7-5-10/h4-8,17H,3H2,1-2H3. The number of ketones is 1. The van der Waals surface area contributed by atoms with E-state index in [2.05, 4.69) is 4.98 Å². The average molecular weight is 292 g/mol. The number of ether oxygens (including phenoxy) is 1. The van der Waals surface area contributed by atoms with E-state index in [0.29, 0.717) is 27.4 Å². The van der Waals surface area contributed by atoms with Crippen LogP contribution in [0.5, 0.6) is 0 Å². The fourth-order valence-electron chi connectivity index (χ4n) is 1.90. The molecule has 4 nitrogen and oxygen atoms in total. The summed E-state index contributed by atoms with van der Waals surface area (Å²) in [6, 6.07) is 6.62. The number of rotatable bonds is 4. The highest BCUT2D eigenvalue weighted by molar-refractivity contribution is 6.30. The zero-order valence-corrected chi connectivity index (χ0v) is 12.0. The summed E-state index contributed by atoms with van der Waals surface area (Å²) in [4.78, 5) is 26.9. The van der Waals surface area contributed by atoms with Crippen molar-refractivity contribution in [1.82, 2.24) is 4.98 Å². The molecule has 0 bridgehead atoms. The van der Waals surface area contributed by atoms with Crippen molar-refractivity contribution in [1.29, 1.82) is 0 Å². The fraction of sp³-hybridized carbons (Fsp3) is 0.200. The molecule has 20 heavy (non-hydrogen) atoms. The number of aromatic amines is 1. The number of H-pyrrole nitrogens is 1.